The fourth-order valence-corrected chi connectivity index (χ4v) is 1.83. The van der Waals surface area contributed by atoms with E-state index in [1.165, 1.54) is 11.1 Å². The van der Waals surface area contributed by atoms with E-state index in [-0.39, 0.29) is 12.6 Å². The molecule has 0 aliphatic carbocycles. The summed E-state index contributed by atoms with van der Waals surface area (Å²) in [6.07, 6.45) is 2.00. The molecule has 0 bridgehead atoms. The Kier molecular flexibility index (Phi) is 5.50. The van der Waals surface area contributed by atoms with E-state index in [1.54, 1.807) is 0 Å². The lowest BCUT2D eigenvalue weighted by molar-refractivity contribution is 0.226. The second kappa shape index (κ2) is 6.66. The van der Waals surface area contributed by atoms with Gasteiger partial charge in [0, 0.05) is 12.1 Å². The van der Waals surface area contributed by atoms with Crippen molar-refractivity contribution < 1.29 is 5.11 Å². The summed E-state index contributed by atoms with van der Waals surface area (Å²) in [6, 6.07) is 9.16. The van der Waals surface area contributed by atoms with Crippen molar-refractivity contribution in [2.45, 2.75) is 45.7 Å². The first-order chi connectivity index (χ1) is 7.71. The molecule has 90 valence electrons. The molecule has 2 nitrogen and oxygen atoms in total. The number of hydrogen-bond donors (Lipinski definition) is 2. The van der Waals surface area contributed by atoms with Gasteiger partial charge in [-0.2, -0.15) is 0 Å². The van der Waals surface area contributed by atoms with Gasteiger partial charge in [0.2, 0.25) is 0 Å². The van der Waals surface area contributed by atoms with E-state index in [4.69, 9.17) is 0 Å². The summed E-state index contributed by atoms with van der Waals surface area (Å²) in [5.74, 6) is 0. The Balaban J connectivity index is 2.70. The third kappa shape index (κ3) is 3.62. The predicted octanol–water partition coefficient (Wildman–Crippen LogP) is 2.81. The summed E-state index contributed by atoms with van der Waals surface area (Å²) in [7, 11) is 0. The molecule has 1 aromatic carbocycles. The largest absolute Gasteiger partial charge is 0.395 e. The molecule has 0 saturated carbocycles. The first-order valence-electron chi connectivity index (χ1n) is 6.14. The van der Waals surface area contributed by atoms with Crippen molar-refractivity contribution >= 4 is 0 Å². The molecule has 0 fully saturated rings. The van der Waals surface area contributed by atoms with Gasteiger partial charge in [-0.1, -0.05) is 43.7 Å². The Bertz CT molecular complexity index is 290. The van der Waals surface area contributed by atoms with Crippen molar-refractivity contribution in [2.24, 2.45) is 0 Å². The maximum Gasteiger partial charge on any atom is 0.0584 e. The highest BCUT2D eigenvalue weighted by Crippen LogP contribution is 2.18. The molecule has 2 N–H and O–H groups in total. The van der Waals surface area contributed by atoms with Crippen LogP contribution in [0.15, 0.2) is 24.3 Å². The van der Waals surface area contributed by atoms with Crippen molar-refractivity contribution in [2.75, 3.05) is 6.61 Å². The van der Waals surface area contributed by atoms with Crippen molar-refractivity contribution in [1.29, 1.82) is 0 Å². The molecule has 0 aromatic heterocycles. The molecule has 0 spiro atoms. The zero-order chi connectivity index (χ0) is 12.0. The quantitative estimate of drug-likeness (QED) is 0.774. The Labute approximate surface area is 98.7 Å². The highest BCUT2D eigenvalue weighted by Gasteiger charge is 2.13. The second-order valence-corrected chi connectivity index (χ2v) is 4.33. The molecule has 0 aliphatic heterocycles. The van der Waals surface area contributed by atoms with Crippen LogP contribution in [0.25, 0.3) is 0 Å². The van der Waals surface area contributed by atoms with E-state index < -0.39 is 0 Å². The lowest BCUT2D eigenvalue weighted by Crippen LogP contribution is -2.34. The van der Waals surface area contributed by atoms with Crippen LogP contribution in [-0.2, 0) is 0 Å². The molecule has 0 aliphatic rings. The summed E-state index contributed by atoms with van der Waals surface area (Å²) >= 11 is 0. The Morgan fingerprint density at radius 2 is 1.75 bits per heavy atom. The lowest BCUT2D eigenvalue weighted by Gasteiger charge is -2.23. The van der Waals surface area contributed by atoms with Crippen molar-refractivity contribution in [1.82, 2.24) is 5.32 Å². The van der Waals surface area contributed by atoms with Crippen LogP contribution in [0.5, 0.6) is 0 Å². The molecule has 0 saturated heterocycles. The van der Waals surface area contributed by atoms with Crippen molar-refractivity contribution in [3.63, 3.8) is 0 Å². The topological polar surface area (TPSA) is 32.3 Å². The minimum Gasteiger partial charge on any atom is -0.395 e. The van der Waals surface area contributed by atoms with E-state index in [9.17, 15) is 5.11 Å². The average molecular weight is 221 g/mol. The minimum absolute atomic E-state index is 0.200. The summed E-state index contributed by atoms with van der Waals surface area (Å²) in [4.78, 5) is 0. The van der Waals surface area contributed by atoms with E-state index in [0.717, 1.165) is 12.8 Å². The fourth-order valence-electron chi connectivity index (χ4n) is 1.83. The number of aliphatic hydroxyl groups excluding tert-OH is 1. The van der Waals surface area contributed by atoms with Gasteiger partial charge in [-0.15, -0.1) is 0 Å². The number of benzene rings is 1. The van der Waals surface area contributed by atoms with Gasteiger partial charge in [0.1, 0.15) is 0 Å². The molecule has 1 unspecified atom stereocenters. The normalized spacial score (nSPS) is 14.8. The van der Waals surface area contributed by atoms with E-state index in [1.807, 2.05) is 0 Å². The summed E-state index contributed by atoms with van der Waals surface area (Å²) in [5, 5.41) is 12.7. The van der Waals surface area contributed by atoms with Gasteiger partial charge in [-0.25, -0.2) is 0 Å². The summed E-state index contributed by atoms with van der Waals surface area (Å²) in [6.45, 7) is 6.57. The summed E-state index contributed by atoms with van der Waals surface area (Å²) in [5.41, 5.74) is 2.59. The van der Waals surface area contributed by atoms with E-state index in [0.29, 0.717) is 6.04 Å². The zero-order valence-corrected chi connectivity index (χ0v) is 10.5. The molecule has 1 aromatic rings. The first kappa shape index (κ1) is 13.2. The van der Waals surface area contributed by atoms with Crippen LogP contribution in [-0.4, -0.2) is 17.8 Å². The smallest absolute Gasteiger partial charge is 0.0584 e. The molecular formula is C14H23NO. The number of aliphatic hydroxyl groups is 1. The fraction of sp³-hybridized carbons (Fsp3) is 0.571. The zero-order valence-electron chi connectivity index (χ0n) is 10.5. The van der Waals surface area contributed by atoms with Gasteiger partial charge in [-0.05, 0) is 25.3 Å². The van der Waals surface area contributed by atoms with Crippen LogP contribution in [0.1, 0.15) is 43.9 Å². The third-order valence-electron chi connectivity index (χ3n) is 3.04. The highest BCUT2D eigenvalue weighted by molar-refractivity contribution is 5.24. The molecule has 2 atom stereocenters. The third-order valence-corrected chi connectivity index (χ3v) is 3.04. The first-order valence-corrected chi connectivity index (χ1v) is 6.14. The second-order valence-electron chi connectivity index (χ2n) is 4.33. The van der Waals surface area contributed by atoms with Gasteiger partial charge in [-0.3, -0.25) is 0 Å². The van der Waals surface area contributed by atoms with Crippen LogP contribution in [0, 0.1) is 6.92 Å². The molecular weight excluding hydrogens is 198 g/mol. The predicted molar refractivity (Wildman–Crippen MR) is 68.5 cm³/mol. The molecule has 0 amide bonds. The van der Waals surface area contributed by atoms with Gasteiger partial charge in [0.25, 0.3) is 0 Å². The average Bonchev–Trinajstić information content (AvgIpc) is 2.32. The van der Waals surface area contributed by atoms with Crippen LogP contribution in [0.4, 0.5) is 0 Å². The van der Waals surface area contributed by atoms with E-state index in [2.05, 4.69) is 50.4 Å². The maximum atomic E-state index is 9.20. The lowest BCUT2D eigenvalue weighted by atomic mass is 10.0. The molecule has 1 rings (SSSR count). The monoisotopic (exact) mass is 221 g/mol. The van der Waals surface area contributed by atoms with Crippen LogP contribution in [0.3, 0.4) is 0 Å². The Hall–Kier alpha value is -0.860. The summed E-state index contributed by atoms with van der Waals surface area (Å²) < 4.78 is 0. The van der Waals surface area contributed by atoms with E-state index >= 15 is 0 Å². The molecule has 2 heteroatoms. The molecule has 0 heterocycles. The molecule has 0 radical (unpaired) electrons. The number of nitrogens with one attached hydrogen (secondary N) is 1. The Morgan fingerprint density at radius 1 is 1.12 bits per heavy atom. The van der Waals surface area contributed by atoms with Crippen molar-refractivity contribution in [3.8, 4) is 0 Å². The highest BCUT2D eigenvalue weighted by atomic mass is 16.3. The number of aryl methyl sites for hydroxylation is 1. The number of rotatable bonds is 6. The maximum absolute atomic E-state index is 9.20. The van der Waals surface area contributed by atoms with Gasteiger partial charge in [0.15, 0.2) is 0 Å². The minimum atomic E-state index is 0.200. The van der Waals surface area contributed by atoms with Crippen LogP contribution < -0.4 is 5.32 Å². The Morgan fingerprint density at radius 3 is 2.19 bits per heavy atom. The van der Waals surface area contributed by atoms with Gasteiger partial charge in [0.05, 0.1) is 6.61 Å². The molecule has 16 heavy (non-hydrogen) atoms. The van der Waals surface area contributed by atoms with Crippen LogP contribution in [0.2, 0.25) is 0 Å². The number of hydrogen-bond acceptors (Lipinski definition) is 2. The standard InChI is InChI=1S/C14H23NO/c1-4-13(10-16)15-14(5-2)12-8-6-11(3)7-9-12/h6-9,13-16H,4-5,10H2,1-3H3/t13-,14?/m1/s1. The van der Waals surface area contributed by atoms with Crippen LogP contribution >= 0.6 is 0 Å². The SMILES string of the molecule is CCC(N[C@H](CC)CO)c1ccc(C)cc1. The van der Waals surface area contributed by atoms with Gasteiger partial charge >= 0.3 is 0 Å². The van der Waals surface area contributed by atoms with Crippen molar-refractivity contribution in [3.05, 3.63) is 35.4 Å². The van der Waals surface area contributed by atoms with Gasteiger partial charge < -0.3 is 10.4 Å².